The Balaban J connectivity index is 0.0000000975. The van der Waals surface area contributed by atoms with Crippen molar-refractivity contribution < 1.29 is 0 Å². The highest BCUT2D eigenvalue weighted by molar-refractivity contribution is 6.04. The molecule has 0 fully saturated rings. The summed E-state index contributed by atoms with van der Waals surface area (Å²) >= 11 is 0. The minimum Gasteiger partial charge on any atom is -0.254 e. The third-order valence-electron chi connectivity index (χ3n) is 9.38. The van der Waals surface area contributed by atoms with E-state index in [1.54, 1.807) is 49.6 Å². The Kier molecular flexibility index (Phi) is 9.48. The molecule has 0 spiro atoms. The van der Waals surface area contributed by atoms with Gasteiger partial charge in [0.05, 0.1) is 44.1 Å². The Morgan fingerprint density at radius 2 is 0.286 bits per heavy atom. The molecule has 4 aromatic carbocycles. The van der Waals surface area contributed by atoms with E-state index >= 15 is 0 Å². The van der Waals surface area contributed by atoms with E-state index < -0.39 is 0 Å². The quantitative estimate of drug-likeness (QED) is 0.143. The molecular formula is C48H32N8. The van der Waals surface area contributed by atoms with Crippen molar-refractivity contribution in [1.29, 1.82) is 0 Å². The normalized spacial score (nSPS) is 10.9. The van der Waals surface area contributed by atoms with Crippen LogP contribution in [-0.4, -0.2) is 39.9 Å². The number of nitrogens with zero attached hydrogens (tertiary/aromatic N) is 8. The van der Waals surface area contributed by atoms with Crippen LogP contribution >= 0.6 is 0 Å². The minimum absolute atomic E-state index is 0.977. The standard InChI is InChI=1S/4C12H8N2/c4*1-3-9-5-6-10-4-2-8-14-12(10)11(9)13-7-1/h4*1-8H. The summed E-state index contributed by atoms with van der Waals surface area (Å²) < 4.78 is 0. The van der Waals surface area contributed by atoms with Gasteiger partial charge in [0.25, 0.3) is 0 Å². The first-order chi connectivity index (χ1) is 27.8. The third kappa shape index (κ3) is 6.98. The second kappa shape index (κ2) is 15.6. The number of fused-ring (bicyclic) bond motifs is 12. The van der Waals surface area contributed by atoms with E-state index in [9.17, 15) is 0 Å². The van der Waals surface area contributed by atoms with Gasteiger partial charge in [-0.1, -0.05) is 97.1 Å². The van der Waals surface area contributed by atoms with Gasteiger partial charge >= 0.3 is 0 Å². The predicted octanol–water partition coefficient (Wildman–Crippen LogP) is 11.1. The smallest absolute Gasteiger partial charge is 0.0964 e. The number of hydrogen-bond acceptors (Lipinski definition) is 8. The number of aromatic nitrogens is 8. The Bertz CT molecular complexity index is 2630. The molecule has 0 saturated carbocycles. The second-order valence-electron chi connectivity index (χ2n) is 12.9. The van der Waals surface area contributed by atoms with Crippen molar-refractivity contribution in [3.8, 4) is 0 Å². The second-order valence-corrected chi connectivity index (χ2v) is 12.9. The number of rotatable bonds is 0. The molecule has 0 unspecified atom stereocenters. The summed E-state index contributed by atoms with van der Waals surface area (Å²) in [4.78, 5) is 34.8. The Labute approximate surface area is 321 Å². The van der Waals surface area contributed by atoms with Crippen molar-refractivity contribution in [2.45, 2.75) is 0 Å². The molecule has 0 bridgehead atoms. The summed E-state index contributed by atoms with van der Waals surface area (Å²) in [6, 6.07) is 48.6. The molecular weight excluding hydrogens is 689 g/mol. The van der Waals surface area contributed by atoms with Crippen molar-refractivity contribution in [3.05, 3.63) is 195 Å². The van der Waals surface area contributed by atoms with Crippen molar-refractivity contribution in [2.24, 2.45) is 0 Å². The maximum Gasteiger partial charge on any atom is 0.0964 e. The maximum atomic E-state index is 4.35. The molecule has 0 aliphatic rings. The first-order valence-electron chi connectivity index (χ1n) is 18.1. The maximum absolute atomic E-state index is 4.35. The van der Waals surface area contributed by atoms with Crippen molar-refractivity contribution in [2.75, 3.05) is 0 Å². The van der Waals surface area contributed by atoms with Gasteiger partial charge < -0.3 is 0 Å². The van der Waals surface area contributed by atoms with E-state index in [1.165, 1.54) is 0 Å². The van der Waals surface area contributed by atoms with Crippen LogP contribution in [0.3, 0.4) is 0 Å². The van der Waals surface area contributed by atoms with Crippen LogP contribution in [0.15, 0.2) is 195 Å². The van der Waals surface area contributed by atoms with Crippen LogP contribution in [0.5, 0.6) is 0 Å². The zero-order chi connectivity index (χ0) is 37.5. The molecule has 264 valence electrons. The highest BCUT2D eigenvalue weighted by atomic mass is 14.7. The Hall–Kier alpha value is -7.84. The SMILES string of the molecule is c1cnc2c(c1)ccc1cccnc12.c1cnc2c(c1)ccc1cccnc12.c1cnc2c(c1)ccc1cccnc12.c1cnc2c(c1)ccc1cccnc12. The fourth-order valence-corrected chi connectivity index (χ4v) is 6.72. The van der Waals surface area contributed by atoms with Crippen LogP contribution in [0.25, 0.3) is 87.2 Å². The zero-order valence-corrected chi connectivity index (χ0v) is 30.1. The molecule has 0 aliphatic carbocycles. The summed E-state index contributed by atoms with van der Waals surface area (Å²) in [6.07, 6.45) is 14.4. The molecule has 0 amide bonds. The molecule has 8 heteroatoms. The molecule has 0 saturated heterocycles. The van der Waals surface area contributed by atoms with Gasteiger partial charge in [0, 0.05) is 92.7 Å². The molecule has 56 heavy (non-hydrogen) atoms. The van der Waals surface area contributed by atoms with Crippen LogP contribution in [-0.2, 0) is 0 Å². The van der Waals surface area contributed by atoms with Gasteiger partial charge in [-0.05, 0) is 48.5 Å². The average Bonchev–Trinajstić information content (AvgIpc) is 3.29. The molecule has 8 heterocycles. The summed E-state index contributed by atoms with van der Waals surface area (Å²) in [6.45, 7) is 0. The summed E-state index contributed by atoms with van der Waals surface area (Å²) in [5, 5.41) is 9.10. The summed E-state index contributed by atoms with van der Waals surface area (Å²) in [5.41, 5.74) is 7.82. The highest BCUT2D eigenvalue weighted by Crippen LogP contribution is 2.23. The number of pyridine rings is 8. The van der Waals surface area contributed by atoms with Crippen molar-refractivity contribution in [3.63, 3.8) is 0 Å². The van der Waals surface area contributed by atoms with E-state index in [1.807, 2.05) is 48.5 Å². The van der Waals surface area contributed by atoms with Crippen LogP contribution in [0.2, 0.25) is 0 Å². The molecule has 0 radical (unpaired) electrons. The topological polar surface area (TPSA) is 103 Å². The summed E-state index contributed by atoms with van der Waals surface area (Å²) in [5.74, 6) is 0. The lowest BCUT2D eigenvalue weighted by Gasteiger charge is -2.00. The van der Waals surface area contributed by atoms with E-state index in [-0.39, 0.29) is 0 Å². The fraction of sp³-hybridized carbons (Fsp3) is 0. The first-order valence-corrected chi connectivity index (χ1v) is 18.1. The largest absolute Gasteiger partial charge is 0.254 e. The Morgan fingerprint density at radius 1 is 0.161 bits per heavy atom. The lowest BCUT2D eigenvalue weighted by atomic mass is 10.1. The van der Waals surface area contributed by atoms with Gasteiger partial charge in [0.15, 0.2) is 0 Å². The van der Waals surface area contributed by atoms with Gasteiger partial charge in [0.2, 0.25) is 0 Å². The van der Waals surface area contributed by atoms with Gasteiger partial charge in [-0.3, -0.25) is 39.9 Å². The average molecular weight is 721 g/mol. The predicted molar refractivity (Wildman–Crippen MR) is 228 cm³/mol. The summed E-state index contributed by atoms with van der Waals surface area (Å²) in [7, 11) is 0. The van der Waals surface area contributed by atoms with Crippen molar-refractivity contribution >= 4 is 87.2 Å². The molecule has 8 nitrogen and oxygen atoms in total. The molecule has 0 aliphatic heterocycles. The molecule has 12 aromatic rings. The number of hydrogen-bond donors (Lipinski definition) is 0. The zero-order valence-electron chi connectivity index (χ0n) is 30.1. The van der Waals surface area contributed by atoms with E-state index in [4.69, 9.17) is 0 Å². The lowest BCUT2D eigenvalue weighted by molar-refractivity contribution is 1.37. The number of benzene rings is 4. The van der Waals surface area contributed by atoms with Crippen LogP contribution in [0.1, 0.15) is 0 Å². The molecule has 0 atom stereocenters. The van der Waals surface area contributed by atoms with Crippen molar-refractivity contribution in [1.82, 2.24) is 39.9 Å². The first kappa shape index (κ1) is 34.0. The lowest BCUT2D eigenvalue weighted by Crippen LogP contribution is -1.83. The molecule has 8 aromatic heterocycles. The van der Waals surface area contributed by atoms with Gasteiger partial charge in [-0.25, -0.2) is 0 Å². The van der Waals surface area contributed by atoms with Crippen LogP contribution in [0.4, 0.5) is 0 Å². The Morgan fingerprint density at radius 3 is 0.411 bits per heavy atom. The van der Waals surface area contributed by atoms with E-state index in [0.717, 1.165) is 87.2 Å². The van der Waals surface area contributed by atoms with E-state index in [2.05, 4.69) is 137 Å². The molecule has 0 N–H and O–H groups in total. The minimum atomic E-state index is 0.977. The van der Waals surface area contributed by atoms with Crippen LogP contribution in [0, 0.1) is 0 Å². The van der Waals surface area contributed by atoms with Gasteiger partial charge in [0.1, 0.15) is 0 Å². The monoisotopic (exact) mass is 720 g/mol. The van der Waals surface area contributed by atoms with Crippen LogP contribution < -0.4 is 0 Å². The molecule has 12 rings (SSSR count). The van der Waals surface area contributed by atoms with E-state index in [0.29, 0.717) is 0 Å². The van der Waals surface area contributed by atoms with Gasteiger partial charge in [-0.15, -0.1) is 0 Å². The third-order valence-corrected chi connectivity index (χ3v) is 9.38. The van der Waals surface area contributed by atoms with Gasteiger partial charge in [-0.2, -0.15) is 0 Å². The fourth-order valence-electron chi connectivity index (χ4n) is 6.72. The highest BCUT2D eigenvalue weighted by Gasteiger charge is 2.03.